The third kappa shape index (κ3) is 4.52. The normalized spacial score (nSPS) is 25.8. The van der Waals surface area contributed by atoms with Gasteiger partial charge in [0.1, 0.15) is 5.60 Å². The second-order valence-corrected chi connectivity index (χ2v) is 9.19. The Morgan fingerprint density at radius 1 is 1.38 bits per heavy atom. The Bertz CT molecular complexity index is 560. The van der Waals surface area contributed by atoms with Gasteiger partial charge in [-0.2, -0.15) is 0 Å². The topological polar surface area (TPSA) is 53.0 Å². The predicted octanol–water partition coefficient (Wildman–Crippen LogP) is 2.16. The van der Waals surface area contributed by atoms with Gasteiger partial charge < -0.3 is 19.6 Å². The number of carbonyl (C=O) groups excluding carboxylic acids is 1. The Labute approximate surface area is 152 Å². The molecule has 0 aliphatic carbocycles. The molecule has 2 saturated heterocycles. The fourth-order valence-electron chi connectivity index (χ4n) is 3.35. The molecule has 3 rings (SSSR count). The van der Waals surface area contributed by atoms with Gasteiger partial charge >= 0.3 is 0 Å². The first-order valence-electron chi connectivity index (χ1n) is 8.64. The minimum Gasteiger partial charge on any atom is -0.384 e. The number of carbonyl (C=O) groups is 1. The average molecular weight is 371 g/mol. The number of nitrogens with zero attached hydrogens (tertiary/aromatic N) is 2. The van der Waals surface area contributed by atoms with Crippen LogP contribution in [0.5, 0.6) is 0 Å². The van der Waals surface area contributed by atoms with E-state index in [4.69, 9.17) is 4.74 Å². The van der Waals surface area contributed by atoms with E-state index in [0.717, 1.165) is 23.7 Å². The molecule has 1 amide bonds. The largest absolute Gasteiger partial charge is 0.384 e. The van der Waals surface area contributed by atoms with Gasteiger partial charge in [0, 0.05) is 13.1 Å². The third-order valence-electron chi connectivity index (χ3n) is 4.44. The van der Waals surface area contributed by atoms with Gasteiger partial charge in [-0.3, -0.25) is 4.79 Å². The number of rotatable bonds is 5. The maximum atomic E-state index is 12.8. The highest BCUT2D eigenvalue weighted by atomic mass is 32.2. The van der Waals surface area contributed by atoms with Crippen LogP contribution in [-0.4, -0.2) is 78.1 Å². The summed E-state index contributed by atoms with van der Waals surface area (Å²) in [6.07, 6.45) is 2.37. The van der Waals surface area contributed by atoms with E-state index < -0.39 is 5.60 Å². The minimum atomic E-state index is -0.977. The van der Waals surface area contributed by atoms with Crippen molar-refractivity contribution in [3.63, 3.8) is 0 Å². The molecule has 2 fully saturated rings. The van der Waals surface area contributed by atoms with Crippen LogP contribution in [0.1, 0.15) is 29.4 Å². The zero-order valence-corrected chi connectivity index (χ0v) is 15.8. The first-order chi connectivity index (χ1) is 11.6. The number of thiophene rings is 1. The van der Waals surface area contributed by atoms with Crippen LogP contribution in [0.2, 0.25) is 0 Å². The number of likely N-dealkylation sites (tertiary alicyclic amines) is 1. The molecule has 1 aromatic rings. The molecular formula is C17H26N2O3S2. The number of aliphatic hydroxyl groups is 1. The molecule has 1 atom stereocenters. The number of hydrogen-bond acceptors (Lipinski definition) is 6. The SMILES string of the molecule is CCSc1ccc(C(=O)N2CCOCC(O)(CN3CCCC3)C2)s1. The molecule has 0 saturated carbocycles. The molecule has 0 aromatic carbocycles. The molecule has 1 unspecified atom stereocenters. The van der Waals surface area contributed by atoms with Crippen LogP contribution >= 0.6 is 23.1 Å². The van der Waals surface area contributed by atoms with E-state index in [-0.39, 0.29) is 5.91 Å². The molecule has 1 N–H and O–H groups in total. The van der Waals surface area contributed by atoms with Gasteiger partial charge in [-0.15, -0.1) is 23.1 Å². The second kappa shape index (κ2) is 8.19. The van der Waals surface area contributed by atoms with E-state index in [0.29, 0.717) is 32.8 Å². The lowest BCUT2D eigenvalue weighted by Gasteiger charge is -2.33. The summed E-state index contributed by atoms with van der Waals surface area (Å²) in [7, 11) is 0. The molecular weight excluding hydrogens is 344 g/mol. The zero-order chi connectivity index (χ0) is 17.0. The highest BCUT2D eigenvalue weighted by molar-refractivity contribution is 8.01. The van der Waals surface area contributed by atoms with Crippen LogP contribution in [0.15, 0.2) is 16.3 Å². The number of ether oxygens (including phenoxy) is 1. The van der Waals surface area contributed by atoms with Crippen molar-refractivity contribution in [2.45, 2.75) is 29.6 Å². The average Bonchev–Trinajstić information content (AvgIpc) is 3.18. The van der Waals surface area contributed by atoms with Gasteiger partial charge in [-0.1, -0.05) is 6.92 Å². The fourth-order valence-corrected chi connectivity index (χ4v) is 5.37. The number of β-amino-alcohol motifs (C(OH)–C–C–N with tert-alkyl or cyclic N) is 1. The van der Waals surface area contributed by atoms with Crippen LogP contribution in [0, 0.1) is 0 Å². The summed E-state index contributed by atoms with van der Waals surface area (Å²) >= 11 is 3.29. The first-order valence-corrected chi connectivity index (χ1v) is 10.4. The maximum absolute atomic E-state index is 12.8. The van der Waals surface area contributed by atoms with Crippen molar-refractivity contribution >= 4 is 29.0 Å². The summed E-state index contributed by atoms with van der Waals surface area (Å²) < 4.78 is 6.78. The summed E-state index contributed by atoms with van der Waals surface area (Å²) in [6.45, 7) is 6.41. The Balaban J connectivity index is 1.67. The molecule has 0 spiro atoms. The van der Waals surface area contributed by atoms with Crippen molar-refractivity contribution in [3.8, 4) is 0 Å². The van der Waals surface area contributed by atoms with Crippen LogP contribution in [-0.2, 0) is 4.74 Å². The number of hydrogen-bond donors (Lipinski definition) is 1. The van der Waals surface area contributed by atoms with Gasteiger partial charge in [0.05, 0.1) is 28.8 Å². The van der Waals surface area contributed by atoms with Crippen LogP contribution in [0.4, 0.5) is 0 Å². The molecule has 24 heavy (non-hydrogen) atoms. The van der Waals surface area contributed by atoms with Gasteiger partial charge in [-0.25, -0.2) is 0 Å². The van der Waals surface area contributed by atoms with Crippen LogP contribution < -0.4 is 0 Å². The van der Waals surface area contributed by atoms with Gasteiger partial charge in [0.25, 0.3) is 5.91 Å². The highest BCUT2D eigenvalue weighted by Crippen LogP contribution is 2.28. The highest BCUT2D eigenvalue weighted by Gasteiger charge is 2.37. The summed E-state index contributed by atoms with van der Waals surface area (Å²) in [4.78, 5) is 17.6. The maximum Gasteiger partial charge on any atom is 0.264 e. The van der Waals surface area contributed by atoms with Crippen molar-refractivity contribution in [2.75, 3.05) is 51.7 Å². The first kappa shape index (κ1) is 18.2. The fraction of sp³-hybridized carbons (Fsp3) is 0.706. The summed E-state index contributed by atoms with van der Waals surface area (Å²) in [5.74, 6) is 1.01. The van der Waals surface area contributed by atoms with E-state index in [1.807, 2.05) is 12.1 Å². The lowest BCUT2D eigenvalue weighted by molar-refractivity contribution is -0.0524. The molecule has 2 aliphatic heterocycles. The van der Waals surface area contributed by atoms with Crippen LogP contribution in [0.3, 0.4) is 0 Å². The Hall–Kier alpha value is -0.600. The molecule has 5 nitrogen and oxygen atoms in total. The Morgan fingerprint density at radius 2 is 2.17 bits per heavy atom. The predicted molar refractivity (Wildman–Crippen MR) is 98.1 cm³/mol. The summed E-state index contributed by atoms with van der Waals surface area (Å²) in [5, 5.41) is 11.0. The Morgan fingerprint density at radius 3 is 2.92 bits per heavy atom. The smallest absolute Gasteiger partial charge is 0.264 e. The van der Waals surface area contributed by atoms with Crippen molar-refractivity contribution in [1.82, 2.24) is 9.80 Å². The molecule has 1 aromatic heterocycles. The molecule has 3 heterocycles. The summed E-state index contributed by atoms with van der Waals surface area (Å²) in [5.41, 5.74) is -0.977. The molecule has 0 radical (unpaired) electrons. The molecule has 0 bridgehead atoms. The monoisotopic (exact) mass is 370 g/mol. The minimum absolute atomic E-state index is 0.00769. The molecule has 7 heteroatoms. The van der Waals surface area contributed by atoms with E-state index in [9.17, 15) is 9.90 Å². The van der Waals surface area contributed by atoms with Crippen molar-refractivity contribution < 1.29 is 14.6 Å². The second-order valence-electron chi connectivity index (χ2n) is 6.54. The Kier molecular flexibility index (Phi) is 6.21. The van der Waals surface area contributed by atoms with Crippen molar-refractivity contribution in [1.29, 1.82) is 0 Å². The summed E-state index contributed by atoms with van der Waals surface area (Å²) in [6, 6.07) is 3.91. The van der Waals surface area contributed by atoms with E-state index in [1.165, 1.54) is 28.4 Å². The van der Waals surface area contributed by atoms with Gasteiger partial charge in [-0.05, 0) is 43.8 Å². The standard InChI is InChI=1S/C17H26N2O3S2/c1-2-23-15-6-5-14(24-15)16(20)19-9-10-22-13-17(21,12-19)11-18-7-3-4-8-18/h5-6,21H,2-4,7-13H2,1H3. The number of thioether (sulfide) groups is 1. The van der Waals surface area contributed by atoms with Crippen molar-refractivity contribution in [3.05, 3.63) is 17.0 Å². The van der Waals surface area contributed by atoms with E-state index in [1.54, 1.807) is 16.7 Å². The van der Waals surface area contributed by atoms with Gasteiger partial charge in [0.2, 0.25) is 0 Å². The zero-order valence-electron chi connectivity index (χ0n) is 14.2. The van der Waals surface area contributed by atoms with E-state index >= 15 is 0 Å². The molecule has 134 valence electrons. The van der Waals surface area contributed by atoms with Crippen molar-refractivity contribution in [2.24, 2.45) is 0 Å². The third-order valence-corrected chi connectivity index (χ3v) is 6.62. The number of amides is 1. The lowest BCUT2D eigenvalue weighted by atomic mass is 10.0. The van der Waals surface area contributed by atoms with E-state index in [2.05, 4.69) is 11.8 Å². The molecule has 2 aliphatic rings. The van der Waals surface area contributed by atoms with Gasteiger partial charge in [0.15, 0.2) is 0 Å². The quantitative estimate of drug-likeness (QED) is 0.805. The lowest BCUT2D eigenvalue weighted by Crippen LogP contribution is -2.52. The van der Waals surface area contributed by atoms with Crippen LogP contribution in [0.25, 0.3) is 0 Å².